The van der Waals surface area contributed by atoms with Gasteiger partial charge in [0.15, 0.2) is 11.7 Å². The summed E-state index contributed by atoms with van der Waals surface area (Å²) in [6.45, 7) is 7.85. The van der Waals surface area contributed by atoms with E-state index in [9.17, 15) is 0 Å². The molecule has 154 valence electrons. The Bertz CT molecular complexity index is 762. The Morgan fingerprint density at radius 2 is 2.07 bits per heavy atom. The zero-order chi connectivity index (χ0) is 19.2. The third-order valence-electron chi connectivity index (χ3n) is 4.86. The molecule has 8 heteroatoms. The van der Waals surface area contributed by atoms with E-state index in [1.165, 1.54) is 12.1 Å². The molecule has 1 unspecified atom stereocenters. The summed E-state index contributed by atoms with van der Waals surface area (Å²) in [5.41, 5.74) is 2.27. The number of halogens is 2. The standard InChI is InChI=1S/C20H28BrN5O.HI/c1-14(2)19-10-18(27-25-19)12-24-20(22-3)23-11-15-8-9-26(13-15)17-6-4-16(21)5-7-17;/h4-7,10,14-15H,8-9,11-13H2,1-3H3,(H2,22,23,24);1H. The normalized spacial score (nSPS) is 17.0. The molecule has 2 N–H and O–H groups in total. The van der Waals surface area contributed by atoms with E-state index in [1.807, 2.05) is 6.07 Å². The first kappa shape index (κ1) is 23.0. The molecule has 0 aliphatic carbocycles. The van der Waals surface area contributed by atoms with Crippen molar-refractivity contribution in [2.45, 2.75) is 32.7 Å². The summed E-state index contributed by atoms with van der Waals surface area (Å²) in [5, 5.41) is 10.8. The summed E-state index contributed by atoms with van der Waals surface area (Å²) in [6.07, 6.45) is 1.18. The molecule has 0 amide bonds. The van der Waals surface area contributed by atoms with E-state index in [2.05, 4.69) is 79.7 Å². The number of guanidine groups is 1. The molecule has 1 aromatic carbocycles. The van der Waals surface area contributed by atoms with Crippen molar-refractivity contribution >= 4 is 51.6 Å². The minimum atomic E-state index is 0. The van der Waals surface area contributed by atoms with Gasteiger partial charge in [-0.3, -0.25) is 4.99 Å². The van der Waals surface area contributed by atoms with Gasteiger partial charge in [0.05, 0.1) is 12.2 Å². The summed E-state index contributed by atoms with van der Waals surface area (Å²) >= 11 is 3.50. The average Bonchev–Trinajstić information content (AvgIpc) is 3.32. The van der Waals surface area contributed by atoms with Crippen molar-refractivity contribution in [3.8, 4) is 0 Å². The van der Waals surface area contributed by atoms with Crippen molar-refractivity contribution in [1.29, 1.82) is 0 Å². The maximum absolute atomic E-state index is 5.36. The molecule has 1 aliphatic rings. The molecule has 0 spiro atoms. The van der Waals surface area contributed by atoms with Crippen LogP contribution in [0.5, 0.6) is 0 Å². The van der Waals surface area contributed by atoms with Gasteiger partial charge in [0, 0.05) is 42.9 Å². The number of aliphatic imine (C=N–C) groups is 1. The molecule has 0 radical (unpaired) electrons. The fraction of sp³-hybridized carbons (Fsp3) is 0.500. The molecule has 1 fully saturated rings. The number of hydrogen-bond acceptors (Lipinski definition) is 4. The van der Waals surface area contributed by atoms with Crippen molar-refractivity contribution < 1.29 is 4.52 Å². The fourth-order valence-electron chi connectivity index (χ4n) is 3.20. The van der Waals surface area contributed by atoms with Crippen LogP contribution in [0.15, 0.2) is 44.3 Å². The molecular formula is C20H29BrIN5O. The van der Waals surface area contributed by atoms with Crippen LogP contribution in [-0.4, -0.2) is 37.8 Å². The lowest BCUT2D eigenvalue weighted by Crippen LogP contribution is -2.39. The van der Waals surface area contributed by atoms with Crippen molar-refractivity contribution in [2.24, 2.45) is 10.9 Å². The number of nitrogens with zero attached hydrogens (tertiary/aromatic N) is 3. The highest BCUT2D eigenvalue weighted by Gasteiger charge is 2.22. The summed E-state index contributed by atoms with van der Waals surface area (Å²) in [7, 11) is 1.79. The van der Waals surface area contributed by atoms with Crippen molar-refractivity contribution in [3.63, 3.8) is 0 Å². The molecule has 6 nitrogen and oxygen atoms in total. The Morgan fingerprint density at radius 3 is 2.71 bits per heavy atom. The first-order valence-corrected chi connectivity index (χ1v) is 10.2. The van der Waals surface area contributed by atoms with Crippen molar-refractivity contribution in [1.82, 2.24) is 15.8 Å². The Hall–Kier alpha value is -1.29. The summed E-state index contributed by atoms with van der Waals surface area (Å²) in [6, 6.07) is 10.5. The molecule has 1 saturated heterocycles. The summed E-state index contributed by atoms with van der Waals surface area (Å²) < 4.78 is 6.48. The number of hydrogen-bond donors (Lipinski definition) is 2. The number of rotatable bonds is 6. The van der Waals surface area contributed by atoms with E-state index in [0.29, 0.717) is 18.4 Å². The second-order valence-corrected chi connectivity index (χ2v) is 8.17. The number of nitrogens with one attached hydrogen (secondary N) is 2. The average molecular weight is 562 g/mol. The zero-order valence-electron chi connectivity index (χ0n) is 16.6. The maximum Gasteiger partial charge on any atom is 0.191 e. The zero-order valence-corrected chi connectivity index (χ0v) is 20.5. The SMILES string of the molecule is CN=C(NCc1cc(C(C)C)no1)NCC1CCN(c2ccc(Br)cc2)C1.I. The quantitative estimate of drug-likeness (QED) is 0.311. The van der Waals surface area contributed by atoms with Crippen molar-refractivity contribution in [3.05, 3.63) is 46.3 Å². The highest BCUT2D eigenvalue weighted by Crippen LogP contribution is 2.25. The molecule has 28 heavy (non-hydrogen) atoms. The molecule has 1 aliphatic heterocycles. The van der Waals surface area contributed by atoms with Crippen LogP contribution < -0.4 is 15.5 Å². The Labute approximate surface area is 192 Å². The van der Waals surface area contributed by atoms with Gasteiger partial charge in [-0.25, -0.2) is 0 Å². The molecule has 0 saturated carbocycles. The molecule has 2 heterocycles. The third-order valence-corrected chi connectivity index (χ3v) is 5.39. The van der Waals surface area contributed by atoms with Crippen molar-refractivity contribution in [2.75, 3.05) is 31.6 Å². The van der Waals surface area contributed by atoms with Crippen LogP contribution in [0.3, 0.4) is 0 Å². The highest BCUT2D eigenvalue weighted by molar-refractivity contribution is 14.0. The summed E-state index contributed by atoms with van der Waals surface area (Å²) in [5.74, 6) is 2.59. The van der Waals surface area contributed by atoms with Gasteiger partial charge in [0.1, 0.15) is 0 Å². The van der Waals surface area contributed by atoms with Gasteiger partial charge in [-0.15, -0.1) is 24.0 Å². The van der Waals surface area contributed by atoms with Gasteiger partial charge in [-0.05, 0) is 42.5 Å². The molecule has 1 aromatic heterocycles. The molecule has 3 rings (SSSR count). The second-order valence-electron chi connectivity index (χ2n) is 7.26. The number of anilines is 1. The smallest absolute Gasteiger partial charge is 0.191 e. The van der Waals surface area contributed by atoms with E-state index in [0.717, 1.165) is 41.5 Å². The predicted octanol–water partition coefficient (Wildman–Crippen LogP) is 4.37. The molecular weight excluding hydrogens is 533 g/mol. The van der Waals surface area contributed by atoms with Crippen LogP contribution in [0.1, 0.15) is 37.6 Å². The Balaban J connectivity index is 0.00000280. The van der Waals surface area contributed by atoms with E-state index in [-0.39, 0.29) is 24.0 Å². The van der Waals surface area contributed by atoms with Gasteiger partial charge in [0.2, 0.25) is 0 Å². The summed E-state index contributed by atoms with van der Waals surface area (Å²) in [4.78, 5) is 6.75. The van der Waals surface area contributed by atoms with Crippen LogP contribution >= 0.6 is 39.9 Å². The van der Waals surface area contributed by atoms with Gasteiger partial charge in [-0.2, -0.15) is 0 Å². The molecule has 0 bridgehead atoms. The lowest BCUT2D eigenvalue weighted by atomic mass is 10.1. The molecule has 1 atom stereocenters. The van der Waals surface area contributed by atoms with Gasteiger partial charge in [-0.1, -0.05) is 34.9 Å². The largest absolute Gasteiger partial charge is 0.371 e. The van der Waals surface area contributed by atoms with E-state index >= 15 is 0 Å². The minimum absolute atomic E-state index is 0. The topological polar surface area (TPSA) is 65.7 Å². The highest BCUT2D eigenvalue weighted by atomic mass is 127. The maximum atomic E-state index is 5.36. The minimum Gasteiger partial charge on any atom is -0.371 e. The van der Waals surface area contributed by atoms with Crippen LogP contribution in [-0.2, 0) is 6.54 Å². The first-order chi connectivity index (χ1) is 13.0. The number of benzene rings is 1. The molecule has 2 aromatic rings. The number of aromatic nitrogens is 1. The van der Waals surface area contributed by atoms with Gasteiger partial charge < -0.3 is 20.1 Å². The van der Waals surface area contributed by atoms with Crippen LogP contribution in [0.2, 0.25) is 0 Å². The lowest BCUT2D eigenvalue weighted by molar-refractivity contribution is 0.371. The van der Waals surface area contributed by atoms with E-state index in [1.54, 1.807) is 7.05 Å². The van der Waals surface area contributed by atoms with Gasteiger partial charge >= 0.3 is 0 Å². The predicted molar refractivity (Wildman–Crippen MR) is 129 cm³/mol. The van der Waals surface area contributed by atoms with Crippen LogP contribution in [0.4, 0.5) is 5.69 Å². The van der Waals surface area contributed by atoms with Crippen LogP contribution in [0, 0.1) is 5.92 Å². The fourth-order valence-corrected chi connectivity index (χ4v) is 3.47. The Kier molecular flexibility index (Phi) is 9.07. The van der Waals surface area contributed by atoms with Gasteiger partial charge in [0.25, 0.3) is 0 Å². The van der Waals surface area contributed by atoms with E-state index < -0.39 is 0 Å². The van der Waals surface area contributed by atoms with Crippen LogP contribution in [0.25, 0.3) is 0 Å². The lowest BCUT2D eigenvalue weighted by Gasteiger charge is -2.19. The van der Waals surface area contributed by atoms with E-state index in [4.69, 9.17) is 4.52 Å². The Morgan fingerprint density at radius 1 is 1.32 bits per heavy atom. The third kappa shape index (κ3) is 6.37. The second kappa shape index (κ2) is 11.0. The monoisotopic (exact) mass is 561 g/mol. The first-order valence-electron chi connectivity index (χ1n) is 9.45.